The molecular weight excluding hydrogens is 484 g/mol. The largest absolute Gasteiger partial charge is 0.456 e. The Bertz CT molecular complexity index is 1760. The molecule has 6 heteroatoms. The molecule has 0 saturated carbocycles. The topological polar surface area (TPSA) is 45.0 Å². The third-order valence-electron chi connectivity index (χ3n) is 6.83. The Morgan fingerprint density at radius 3 is 2.44 bits per heavy atom. The van der Waals surface area contributed by atoms with E-state index in [9.17, 15) is 0 Å². The maximum Gasteiger partial charge on any atom is 0.141 e. The predicted molar refractivity (Wildman–Crippen MR) is 157 cm³/mol. The van der Waals surface area contributed by atoms with Crippen LogP contribution in [-0.4, -0.2) is 23.6 Å². The summed E-state index contributed by atoms with van der Waals surface area (Å²) >= 11 is 0. The van der Waals surface area contributed by atoms with Crippen molar-refractivity contribution in [1.29, 1.82) is 0 Å². The highest BCUT2D eigenvalue weighted by Crippen LogP contribution is 2.44. The van der Waals surface area contributed by atoms with Gasteiger partial charge in [-0.15, -0.1) is 0 Å². The van der Waals surface area contributed by atoms with E-state index >= 15 is 0 Å². The minimum absolute atomic E-state index is 0.718. The second-order valence-corrected chi connectivity index (χ2v) is 9.54. The highest BCUT2D eigenvalue weighted by Gasteiger charge is 2.20. The van der Waals surface area contributed by atoms with E-state index in [2.05, 4.69) is 81.6 Å². The molecule has 6 aromatic rings. The Morgan fingerprint density at radius 2 is 1.62 bits per heavy atom. The number of nitrogens with zero attached hydrogens (tertiary/aromatic N) is 4. The molecule has 2 aromatic heterocycles. The van der Waals surface area contributed by atoms with Crippen molar-refractivity contribution in [2.75, 3.05) is 23.5 Å². The van der Waals surface area contributed by atoms with Gasteiger partial charge in [-0.2, -0.15) is 0 Å². The minimum Gasteiger partial charge on any atom is -0.456 e. The molecule has 0 amide bonds. The van der Waals surface area contributed by atoms with Crippen molar-refractivity contribution in [2.24, 2.45) is 0 Å². The van der Waals surface area contributed by atoms with E-state index in [-0.39, 0.29) is 0 Å². The van der Waals surface area contributed by atoms with Crippen LogP contribution in [0.25, 0.3) is 21.9 Å². The molecule has 7 rings (SSSR count). The van der Waals surface area contributed by atoms with Crippen LogP contribution in [-0.2, 0) is 0 Å². The van der Waals surface area contributed by atoms with Crippen LogP contribution in [0.2, 0.25) is 0 Å². The maximum absolute atomic E-state index is 6.68. The number of para-hydroxylation sites is 2. The van der Waals surface area contributed by atoms with Gasteiger partial charge in [-0.25, -0.2) is 4.98 Å². The lowest BCUT2D eigenvalue weighted by molar-refractivity contribution is 0.485. The summed E-state index contributed by atoms with van der Waals surface area (Å²) in [5, 5.41) is 1.95. The molecule has 0 spiro atoms. The van der Waals surface area contributed by atoms with Crippen LogP contribution < -0.4 is 14.5 Å². The standard InChI is InChI=1S/C33H26N4O2/c1-35-18-19-36(23-35)25-12-9-13-27(20-25)38-30-21-26(22-31-33(30)28-14-5-6-15-29(28)39-31)37(24-10-3-2-4-11-24)32-16-7-8-17-34-32/h2-22H,23H2,1H3. The van der Waals surface area contributed by atoms with E-state index in [0.717, 1.165) is 63.0 Å². The second kappa shape index (κ2) is 9.58. The molecule has 0 unspecified atom stereocenters. The first-order valence-electron chi connectivity index (χ1n) is 12.9. The van der Waals surface area contributed by atoms with Crippen molar-refractivity contribution in [3.8, 4) is 11.5 Å². The summed E-state index contributed by atoms with van der Waals surface area (Å²) in [6.45, 7) is 0.797. The average Bonchev–Trinajstić information content (AvgIpc) is 3.58. The third-order valence-corrected chi connectivity index (χ3v) is 6.83. The molecule has 0 atom stereocenters. The number of ether oxygens (including phenoxy) is 1. The number of furan rings is 1. The van der Waals surface area contributed by atoms with E-state index in [4.69, 9.17) is 9.15 Å². The van der Waals surface area contributed by atoms with Crippen LogP contribution in [0.3, 0.4) is 0 Å². The zero-order chi connectivity index (χ0) is 26.2. The molecule has 0 aliphatic carbocycles. The second-order valence-electron chi connectivity index (χ2n) is 9.54. The summed E-state index contributed by atoms with van der Waals surface area (Å²) in [5.74, 6) is 2.27. The smallest absolute Gasteiger partial charge is 0.141 e. The summed E-state index contributed by atoms with van der Waals surface area (Å²) in [6, 6.07) is 36.5. The van der Waals surface area contributed by atoms with Gasteiger partial charge in [0.1, 0.15) is 28.5 Å². The zero-order valence-electron chi connectivity index (χ0n) is 21.4. The molecule has 1 aliphatic heterocycles. The molecule has 1 aliphatic rings. The predicted octanol–water partition coefficient (Wildman–Crippen LogP) is 8.42. The fraction of sp³-hybridized carbons (Fsp3) is 0.0606. The van der Waals surface area contributed by atoms with E-state index in [0.29, 0.717) is 0 Å². The normalized spacial score (nSPS) is 12.9. The first-order valence-corrected chi connectivity index (χ1v) is 12.9. The van der Waals surface area contributed by atoms with Crippen molar-refractivity contribution >= 4 is 44.8 Å². The van der Waals surface area contributed by atoms with Crippen LogP contribution in [0.4, 0.5) is 22.9 Å². The van der Waals surface area contributed by atoms with Gasteiger partial charge in [-0.1, -0.05) is 48.5 Å². The molecule has 3 heterocycles. The number of aromatic nitrogens is 1. The quantitative estimate of drug-likeness (QED) is 0.224. The highest BCUT2D eigenvalue weighted by atomic mass is 16.5. The molecule has 190 valence electrons. The number of pyridine rings is 1. The molecule has 39 heavy (non-hydrogen) atoms. The molecule has 6 nitrogen and oxygen atoms in total. The summed E-state index contributed by atoms with van der Waals surface area (Å²) in [7, 11) is 2.06. The summed E-state index contributed by atoms with van der Waals surface area (Å²) < 4.78 is 13.0. The van der Waals surface area contributed by atoms with Crippen LogP contribution in [0, 0.1) is 0 Å². The van der Waals surface area contributed by atoms with Gasteiger partial charge < -0.3 is 19.0 Å². The van der Waals surface area contributed by atoms with Crippen LogP contribution in [0.1, 0.15) is 0 Å². The van der Waals surface area contributed by atoms with E-state index in [1.165, 1.54) is 0 Å². The van der Waals surface area contributed by atoms with Crippen molar-refractivity contribution in [3.05, 3.63) is 128 Å². The number of fused-ring (bicyclic) bond motifs is 3. The molecule has 0 saturated heterocycles. The van der Waals surface area contributed by atoms with Gasteiger partial charge in [-0.3, -0.25) is 4.90 Å². The van der Waals surface area contributed by atoms with Crippen molar-refractivity contribution in [2.45, 2.75) is 0 Å². The number of rotatable bonds is 6. The monoisotopic (exact) mass is 510 g/mol. The Morgan fingerprint density at radius 1 is 0.769 bits per heavy atom. The third kappa shape index (κ3) is 4.32. The van der Waals surface area contributed by atoms with Crippen LogP contribution in [0.5, 0.6) is 11.5 Å². The van der Waals surface area contributed by atoms with Gasteiger partial charge in [0.2, 0.25) is 0 Å². The number of benzene rings is 4. The van der Waals surface area contributed by atoms with Gasteiger partial charge in [0, 0.05) is 60.6 Å². The Labute approximate surface area is 226 Å². The Hall–Kier alpha value is -5.23. The lowest BCUT2D eigenvalue weighted by Gasteiger charge is -2.25. The average molecular weight is 511 g/mol. The summed E-state index contributed by atoms with van der Waals surface area (Å²) in [6.07, 6.45) is 5.94. The molecule has 0 fully saturated rings. The lowest BCUT2D eigenvalue weighted by atomic mass is 10.1. The lowest BCUT2D eigenvalue weighted by Crippen LogP contribution is -2.21. The molecule has 4 aromatic carbocycles. The summed E-state index contributed by atoms with van der Waals surface area (Å²) in [5.41, 5.74) is 4.52. The summed E-state index contributed by atoms with van der Waals surface area (Å²) in [4.78, 5) is 11.1. The maximum atomic E-state index is 6.68. The van der Waals surface area contributed by atoms with Gasteiger partial charge in [0.05, 0.1) is 17.7 Å². The van der Waals surface area contributed by atoms with Crippen LogP contribution in [0.15, 0.2) is 132 Å². The molecular formula is C33H26N4O2. The fourth-order valence-electron chi connectivity index (χ4n) is 5.04. The van der Waals surface area contributed by atoms with Gasteiger partial charge in [0.25, 0.3) is 0 Å². The van der Waals surface area contributed by atoms with E-state index in [1.54, 1.807) is 6.20 Å². The first-order chi connectivity index (χ1) is 19.2. The molecule has 0 bridgehead atoms. The van der Waals surface area contributed by atoms with Crippen molar-refractivity contribution in [3.63, 3.8) is 0 Å². The number of hydrogen-bond donors (Lipinski definition) is 0. The molecule has 0 N–H and O–H groups in total. The minimum atomic E-state index is 0.718. The Balaban J connectivity index is 1.39. The van der Waals surface area contributed by atoms with Gasteiger partial charge in [-0.05, 0) is 42.5 Å². The Kier molecular flexibility index (Phi) is 5.63. The first kappa shape index (κ1) is 22.9. The van der Waals surface area contributed by atoms with E-state index < -0.39 is 0 Å². The van der Waals surface area contributed by atoms with E-state index in [1.807, 2.05) is 66.7 Å². The van der Waals surface area contributed by atoms with Gasteiger partial charge >= 0.3 is 0 Å². The number of hydrogen-bond acceptors (Lipinski definition) is 6. The fourth-order valence-corrected chi connectivity index (χ4v) is 5.04. The van der Waals surface area contributed by atoms with Crippen molar-refractivity contribution in [1.82, 2.24) is 9.88 Å². The SMILES string of the molecule is CN1C=CN(c2cccc(Oc3cc(N(c4ccccc4)c4ccccn4)cc4oc5ccccc5c34)c2)C1. The van der Waals surface area contributed by atoms with Crippen LogP contribution >= 0.6 is 0 Å². The zero-order valence-corrected chi connectivity index (χ0v) is 21.4. The molecule has 0 radical (unpaired) electrons. The van der Waals surface area contributed by atoms with Gasteiger partial charge in [0.15, 0.2) is 0 Å². The highest BCUT2D eigenvalue weighted by molar-refractivity contribution is 6.09. The number of anilines is 4. The van der Waals surface area contributed by atoms with Crippen molar-refractivity contribution < 1.29 is 9.15 Å².